The van der Waals surface area contributed by atoms with Crippen LogP contribution in [0.4, 0.5) is 5.69 Å². The number of fused-ring (bicyclic) bond motifs is 2. The molecule has 0 fully saturated rings. The van der Waals surface area contributed by atoms with Crippen molar-refractivity contribution >= 4 is 27.6 Å². The van der Waals surface area contributed by atoms with Gasteiger partial charge in [0.25, 0.3) is 15.9 Å². The Labute approximate surface area is 222 Å². The van der Waals surface area contributed by atoms with Crippen molar-refractivity contribution in [1.29, 1.82) is 0 Å². The first kappa shape index (κ1) is 25.8. The van der Waals surface area contributed by atoms with Crippen molar-refractivity contribution in [1.82, 2.24) is 5.32 Å². The number of amides is 1. The minimum atomic E-state index is -3.93. The molecule has 38 heavy (non-hydrogen) atoms. The Hall–Kier alpha value is -3.85. The normalized spacial score (nSPS) is 17.2. The van der Waals surface area contributed by atoms with E-state index in [9.17, 15) is 18.0 Å². The predicted molar refractivity (Wildman–Crippen MR) is 143 cm³/mol. The van der Waals surface area contributed by atoms with Gasteiger partial charge in [-0.3, -0.25) is 9.10 Å². The molecule has 0 saturated heterocycles. The van der Waals surface area contributed by atoms with Crippen molar-refractivity contribution < 1.29 is 27.5 Å². The number of esters is 1. The summed E-state index contributed by atoms with van der Waals surface area (Å²) in [5, 5.41) is 2.99. The molecule has 0 bridgehead atoms. The van der Waals surface area contributed by atoms with Crippen LogP contribution in [0.25, 0.3) is 0 Å². The zero-order valence-electron chi connectivity index (χ0n) is 21.3. The molecule has 2 aliphatic rings. The van der Waals surface area contributed by atoms with Gasteiger partial charge in [0.2, 0.25) is 0 Å². The summed E-state index contributed by atoms with van der Waals surface area (Å²) in [5.74, 6) is -1.10. The van der Waals surface area contributed by atoms with E-state index in [2.05, 4.69) is 11.4 Å². The third-order valence-electron chi connectivity index (χ3n) is 7.16. The molecule has 1 aliphatic heterocycles. The highest BCUT2D eigenvalue weighted by molar-refractivity contribution is 7.92. The summed E-state index contributed by atoms with van der Waals surface area (Å²) in [7, 11) is -2.55. The van der Waals surface area contributed by atoms with Crippen LogP contribution in [-0.2, 0) is 32.4 Å². The number of para-hydroxylation sites is 1. The minimum Gasteiger partial charge on any atom is -0.496 e. The van der Waals surface area contributed by atoms with E-state index in [0.717, 1.165) is 30.4 Å². The number of ether oxygens (including phenoxy) is 2. The molecule has 0 spiro atoms. The second-order valence-corrected chi connectivity index (χ2v) is 11.4. The zero-order chi connectivity index (χ0) is 26.9. The van der Waals surface area contributed by atoms with E-state index >= 15 is 0 Å². The van der Waals surface area contributed by atoms with Gasteiger partial charge in [-0.15, -0.1) is 0 Å². The fourth-order valence-electron chi connectivity index (χ4n) is 5.16. The Bertz CT molecular complexity index is 1490. The second kappa shape index (κ2) is 10.5. The Balaban J connectivity index is 1.33. The molecule has 1 aliphatic carbocycles. The first-order chi connectivity index (χ1) is 18.3. The highest BCUT2D eigenvalue weighted by Crippen LogP contribution is 2.34. The van der Waals surface area contributed by atoms with Gasteiger partial charge in [0.05, 0.1) is 23.7 Å². The van der Waals surface area contributed by atoms with Crippen molar-refractivity contribution in [3.8, 4) is 5.75 Å². The molecule has 3 aromatic rings. The molecule has 1 amide bonds. The number of carbonyl (C=O) groups is 2. The van der Waals surface area contributed by atoms with E-state index in [1.54, 1.807) is 12.1 Å². The van der Waals surface area contributed by atoms with Crippen molar-refractivity contribution in [3.63, 3.8) is 0 Å². The molecular weight excluding hydrogens is 504 g/mol. The lowest BCUT2D eigenvalue weighted by Crippen LogP contribution is -2.39. The number of rotatable bonds is 7. The molecule has 0 radical (unpaired) electrons. The third-order valence-corrected chi connectivity index (χ3v) is 8.97. The van der Waals surface area contributed by atoms with Crippen LogP contribution in [-0.4, -0.2) is 40.1 Å². The summed E-state index contributed by atoms with van der Waals surface area (Å²) in [6, 6.07) is 19.3. The van der Waals surface area contributed by atoms with E-state index in [4.69, 9.17) is 9.47 Å². The molecule has 0 saturated carbocycles. The third kappa shape index (κ3) is 4.86. The number of nitrogens with zero attached hydrogens (tertiary/aromatic N) is 1. The van der Waals surface area contributed by atoms with Gasteiger partial charge in [-0.25, -0.2) is 13.2 Å². The number of anilines is 1. The molecule has 1 N–H and O–H groups in total. The summed E-state index contributed by atoms with van der Waals surface area (Å²) in [6.07, 6.45) is 2.24. The number of sulfonamides is 1. The van der Waals surface area contributed by atoms with Gasteiger partial charge in [0, 0.05) is 6.54 Å². The van der Waals surface area contributed by atoms with Crippen LogP contribution >= 0.6 is 0 Å². The van der Waals surface area contributed by atoms with Gasteiger partial charge >= 0.3 is 5.97 Å². The summed E-state index contributed by atoms with van der Waals surface area (Å²) in [4.78, 5) is 26.0. The lowest BCUT2D eigenvalue weighted by molar-refractivity contribution is -0.130. The summed E-state index contributed by atoms with van der Waals surface area (Å²) >= 11 is 0. The average Bonchev–Trinajstić information content (AvgIpc) is 3.38. The van der Waals surface area contributed by atoms with Crippen molar-refractivity contribution in [2.45, 2.75) is 49.6 Å². The highest BCUT2D eigenvalue weighted by atomic mass is 32.2. The first-order valence-electron chi connectivity index (χ1n) is 12.7. The van der Waals surface area contributed by atoms with Crippen LogP contribution < -0.4 is 14.4 Å². The molecular formula is C29H30N2O6S. The monoisotopic (exact) mass is 534 g/mol. The van der Waals surface area contributed by atoms with Gasteiger partial charge in [0.1, 0.15) is 11.3 Å². The van der Waals surface area contributed by atoms with Gasteiger partial charge in [-0.1, -0.05) is 42.5 Å². The number of hydrogen-bond acceptors (Lipinski definition) is 6. The maximum Gasteiger partial charge on any atom is 0.342 e. The van der Waals surface area contributed by atoms with E-state index in [1.807, 2.05) is 30.3 Å². The molecule has 2 unspecified atom stereocenters. The van der Waals surface area contributed by atoms with Crippen molar-refractivity contribution in [3.05, 3.63) is 89.0 Å². The van der Waals surface area contributed by atoms with E-state index in [-0.39, 0.29) is 22.3 Å². The fraction of sp³-hybridized carbons (Fsp3) is 0.310. The van der Waals surface area contributed by atoms with E-state index < -0.39 is 28.0 Å². The Kier molecular flexibility index (Phi) is 7.12. The van der Waals surface area contributed by atoms with Crippen LogP contribution in [0.3, 0.4) is 0 Å². The predicted octanol–water partition coefficient (Wildman–Crippen LogP) is 4.19. The Morgan fingerprint density at radius 2 is 1.74 bits per heavy atom. The average molecular weight is 535 g/mol. The van der Waals surface area contributed by atoms with Crippen LogP contribution in [0.1, 0.15) is 52.9 Å². The largest absolute Gasteiger partial charge is 0.496 e. The van der Waals surface area contributed by atoms with Crippen LogP contribution in [0.2, 0.25) is 0 Å². The minimum absolute atomic E-state index is 0.0575. The maximum atomic E-state index is 13.5. The quantitative estimate of drug-likeness (QED) is 0.456. The van der Waals surface area contributed by atoms with E-state index in [0.29, 0.717) is 18.7 Å². The number of nitrogens with one attached hydrogen (secondary N) is 1. The van der Waals surface area contributed by atoms with Crippen LogP contribution in [0.5, 0.6) is 5.75 Å². The molecule has 0 aromatic heterocycles. The van der Waals surface area contributed by atoms with Crippen LogP contribution in [0, 0.1) is 0 Å². The smallest absolute Gasteiger partial charge is 0.342 e. The summed E-state index contributed by atoms with van der Waals surface area (Å²) in [5.41, 5.74) is 3.79. The molecule has 5 rings (SSSR count). The Morgan fingerprint density at radius 1 is 1.00 bits per heavy atom. The molecule has 9 heteroatoms. The molecule has 198 valence electrons. The molecule has 2 atom stereocenters. The molecule has 8 nitrogen and oxygen atoms in total. The van der Waals surface area contributed by atoms with Gasteiger partial charge in [-0.05, 0) is 73.6 Å². The number of aryl methyl sites for hydroxylation is 1. The summed E-state index contributed by atoms with van der Waals surface area (Å²) in [6.45, 7) is 1.81. The van der Waals surface area contributed by atoms with E-state index in [1.165, 1.54) is 42.1 Å². The topological polar surface area (TPSA) is 102 Å². The summed E-state index contributed by atoms with van der Waals surface area (Å²) < 4.78 is 39.1. The maximum absolute atomic E-state index is 13.5. The van der Waals surface area contributed by atoms with Crippen LogP contribution in [0.15, 0.2) is 71.6 Å². The first-order valence-corrected chi connectivity index (χ1v) is 14.1. The fourth-order valence-corrected chi connectivity index (χ4v) is 6.69. The lowest BCUT2D eigenvalue weighted by atomic mass is 9.87. The van der Waals surface area contributed by atoms with Gasteiger partial charge in [-0.2, -0.15) is 0 Å². The lowest BCUT2D eigenvalue weighted by Gasteiger charge is -2.27. The SMILES string of the molecule is COc1ccc(S(=O)(=O)N2CCc3ccccc32)cc1C(=O)OC(C)C(=O)NC1CCCc2ccccc21. The molecule has 1 heterocycles. The zero-order valence-corrected chi connectivity index (χ0v) is 22.2. The highest BCUT2D eigenvalue weighted by Gasteiger charge is 2.32. The molecule has 3 aromatic carbocycles. The number of hydrogen-bond donors (Lipinski definition) is 1. The Morgan fingerprint density at radius 3 is 2.53 bits per heavy atom. The number of carbonyl (C=O) groups excluding carboxylic acids is 2. The van der Waals surface area contributed by atoms with Gasteiger partial charge < -0.3 is 14.8 Å². The van der Waals surface area contributed by atoms with Crippen molar-refractivity contribution in [2.24, 2.45) is 0 Å². The van der Waals surface area contributed by atoms with Crippen molar-refractivity contribution in [2.75, 3.05) is 18.0 Å². The number of methoxy groups -OCH3 is 1. The standard InChI is InChI=1S/C29H30N2O6S/c1-19(28(32)30-25-12-7-10-20-8-3-5-11-23(20)25)37-29(33)24-18-22(14-15-27(24)36-2)38(34,35)31-17-16-21-9-4-6-13-26(21)31/h3-6,8-9,11,13-15,18-19,25H,7,10,12,16-17H2,1-2H3,(H,30,32). The second-order valence-electron chi connectivity index (χ2n) is 9.52. The number of benzene rings is 3. The van der Waals surface area contributed by atoms with Gasteiger partial charge in [0.15, 0.2) is 6.10 Å².